The molecule has 0 unspecified atom stereocenters. The van der Waals surface area contributed by atoms with Crippen LogP contribution in [0.4, 0.5) is 0 Å². The Morgan fingerprint density at radius 2 is 2.09 bits per heavy atom. The molecule has 0 aromatic rings. The Balaban J connectivity index is 2.79. The van der Waals surface area contributed by atoms with E-state index in [1.807, 2.05) is 13.8 Å². The second kappa shape index (κ2) is 2.32. The molecule has 0 N–H and O–H groups in total. The zero-order chi connectivity index (χ0) is 8.65. The number of likely N-dealkylation sites (tertiary alicyclic amines) is 1. The predicted octanol–water partition coefficient (Wildman–Crippen LogP) is 0.791. The van der Waals surface area contributed by atoms with E-state index in [2.05, 4.69) is 0 Å². The first-order valence-corrected chi connectivity index (χ1v) is 3.78. The van der Waals surface area contributed by atoms with E-state index in [0.717, 1.165) is 6.42 Å². The average Bonchev–Trinajstić information content (AvgIpc) is 2.09. The number of imide groups is 1. The van der Waals surface area contributed by atoms with Crippen molar-refractivity contribution in [3.63, 3.8) is 0 Å². The minimum Gasteiger partial charge on any atom is -0.282 e. The zero-order valence-corrected chi connectivity index (χ0v) is 7.18. The summed E-state index contributed by atoms with van der Waals surface area (Å²) in [7, 11) is 0. The maximum atomic E-state index is 11.4. The molecule has 2 amide bonds. The summed E-state index contributed by atoms with van der Waals surface area (Å²) < 4.78 is 0. The van der Waals surface area contributed by atoms with Crippen LogP contribution in [0, 0.1) is 5.41 Å². The lowest BCUT2D eigenvalue weighted by atomic mass is 9.92. The second-order valence-electron chi connectivity index (χ2n) is 3.61. The molecule has 1 rings (SSSR count). The number of nitrogens with zero attached hydrogens (tertiary/aromatic N) is 1. The van der Waals surface area contributed by atoms with Crippen molar-refractivity contribution in [2.45, 2.75) is 27.2 Å². The van der Waals surface area contributed by atoms with E-state index < -0.39 is 0 Å². The van der Waals surface area contributed by atoms with Gasteiger partial charge in [-0.2, -0.15) is 0 Å². The molecular formula is C8H13NO2. The molecule has 1 fully saturated rings. The summed E-state index contributed by atoms with van der Waals surface area (Å²) in [6.07, 6.45) is 0.783. The molecule has 0 aromatic carbocycles. The van der Waals surface area contributed by atoms with E-state index in [0.29, 0.717) is 6.54 Å². The van der Waals surface area contributed by atoms with Crippen LogP contribution in [0.15, 0.2) is 0 Å². The van der Waals surface area contributed by atoms with Gasteiger partial charge in [-0.25, -0.2) is 0 Å². The third kappa shape index (κ3) is 1.27. The summed E-state index contributed by atoms with van der Waals surface area (Å²) in [5.41, 5.74) is -0.328. The molecule has 11 heavy (non-hydrogen) atoms. The minimum absolute atomic E-state index is 0.0370. The third-order valence-electron chi connectivity index (χ3n) is 2.16. The standard InChI is InChI=1S/C8H13NO2/c1-6(10)9-5-4-8(2,3)7(9)11/h4-5H2,1-3H3. The fourth-order valence-electron chi connectivity index (χ4n) is 1.27. The predicted molar refractivity (Wildman–Crippen MR) is 40.8 cm³/mol. The van der Waals surface area contributed by atoms with Crippen LogP contribution in [-0.2, 0) is 9.59 Å². The quantitative estimate of drug-likeness (QED) is 0.518. The van der Waals surface area contributed by atoms with Gasteiger partial charge in [0, 0.05) is 18.9 Å². The van der Waals surface area contributed by atoms with Crippen molar-refractivity contribution in [3.8, 4) is 0 Å². The van der Waals surface area contributed by atoms with Crippen LogP contribution in [0.25, 0.3) is 0 Å². The minimum atomic E-state index is -0.328. The number of hydrogen-bond acceptors (Lipinski definition) is 2. The van der Waals surface area contributed by atoms with Crippen LogP contribution in [-0.4, -0.2) is 23.3 Å². The topological polar surface area (TPSA) is 37.4 Å². The molecule has 62 valence electrons. The van der Waals surface area contributed by atoms with Gasteiger partial charge in [-0.05, 0) is 6.42 Å². The summed E-state index contributed by atoms with van der Waals surface area (Å²) in [4.78, 5) is 23.5. The van der Waals surface area contributed by atoms with Crippen molar-refractivity contribution in [1.82, 2.24) is 4.90 Å². The number of rotatable bonds is 0. The molecular weight excluding hydrogens is 142 g/mol. The molecule has 0 spiro atoms. The van der Waals surface area contributed by atoms with Gasteiger partial charge in [0.05, 0.1) is 0 Å². The smallest absolute Gasteiger partial charge is 0.234 e. The summed E-state index contributed by atoms with van der Waals surface area (Å²) in [6, 6.07) is 0. The fourth-order valence-corrected chi connectivity index (χ4v) is 1.27. The normalized spacial score (nSPS) is 22.5. The van der Waals surface area contributed by atoms with Crippen molar-refractivity contribution >= 4 is 11.8 Å². The van der Waals surface area contributed by atoms with Crippen molar-refractivity contribution in [3.05, 3.63) is 0 Å². The Bertz CT molecular complexity index is 208. The fraction of sp³-hybridized carbons (Fsp3) is 0.750. The van der Waals surface area contributed by atoms with Crippen LogP contribution in [0.1, 0.15) is 27.2 Å². The highest BCUT2D eigenvalue weighted by atomic mass is 16.2. The third-order valence-corrected chi connectivity index (χ3v) is 2.16. The van der Waals surface area contributed by atoms with Gasteiger partial charge in [-0.3, -0.25) is 14.5 Å². The molecule has 0 bridgehead atoms. The molecule has 1 heterocycles. The van der Waals surface area contributed by atoms with Crippen molar-refractivity contribution in [1.29, 1.82) is 0 Å². The Kier molecular flexibility index (Phi) is 1.74. The van der Waals surface area contributed by atoms with Gasteiger partial charge in [0.2, 0.25) is 11.8 Å². The van der Waals surface area contributed by atoms with E-state index in [1.54, 1.807) is 0 Å². The summed E-state index contributed by atoms with van der Waals surface area (Å²) in [5.74, 6) is -0.175. The average molecular weight is 155 g/mol. The molecule has 1 aliphatic rings. The molecule has 3 nitrogen and oxygen atoms in total. The van der Waals surface area contributed by atoms with Gasteiger partial charge in [0.1, 0.15) is 0 Å². The first-order valence-electron chi connectivity index (χ1n) is 3.78. The van der Waals surface area contributed by atoms with E-state index in [9.17, 15) is 9.59 Å². The first-order chi connectivity index (χ1) is 4.95. The monoisotopic (exact) mass is 155 g/mol. The Morgan fingerprint density at radius 3 is 2.27 bits per heavy atom. The molecule has 0 saturated carbocycles. The molecule has 0 aliphatic carbocycles. The van der Waals surface area contributed by atoms with Gasteiger partial charge in [0.15, 0.2) is 0 Å². The molecule has 0 aromatic heterocycles. The van der Waals surface area contributed by atoms with E-state index in [4.69, 9.17) is 0 Å². The Hall–Kier alpha value is -0.860. The lowest BCUT2D eigenvalue weighted by Gasteiger charge is -2.15. The highest BCUT2D eigenvalue weighted by molar-refractivity contribution is 5.98. The highest BCUT2D eigenvalue weighted by Gasteiger charge is 2.40. The van der Waals surface area contributed by atoms with Gasteiger partial charge in [-0.15, -0.1) is 0 Å². The maximum absolute atomic E-state index is 11.4. The SMILES string of the molecule is CC(=O)N1CCC(C)(C)C1=O. The summed E-state index contributed by atoms with van der Waals surface area (Å²) in [5, 5.41) is 0. The molecule has 3 heteroatoms. The van der Waals surface area contributed by atoms with Gasteiger partial charge >= 0.3 is 0 Å². The number of carbonyl (C=O) groups excluding carboxylic acids is 2. The molecule has 0 atom stereocenters. The van der Waals surface area contributed by atoms with Crippen LogP contribution in [0.3, 0.4) is 0 Å². The summed E-state index contributed by atoms with van der Waals surface area (Å²) in [6.45, 7) is 5.76. The van der Waals surface area contributed by atoms with Gasteiger partial charge in [0.25, 0.3) is 0 Å². The number of amides is 2. The largest absolute Gasteiger partial charge is 0.282 e. The maximum Gasteiger partial charge on any atom is 0.234 e. The Labute approximate surface area is 66.4 Å². The lowest BCUT2D eigenvalue weighted by Crippen LogP contribution is -2.34. The van der Waals surface area contributed by atoms with Gasteiger partial charge < -0.3 is 0 Å². The zero-order valence-electron chi connectivity index (χ0n) is 7.18. The van der Waals surface area contributed by atoms with E-state index in [1.165, 1.54) is 11.8 Å². The van der Waals surface area contributed by atoms with Crippen LogP contribution in [0.2, 0.25) is 0 Å². The molecule has 1 aliphatic heterocycles. The highest BCUT2D eigenvalue weighted by Crippen LogP contribution is 2.30. The number of carbonyl (C=O) groups is 2. The van der Waals surface area contributed by atoms with Crippen LogP contribution >= 0.6 is 0 Å². The van der Waals surface area contributed by atoms with Crippen molar-refractivity contribution < 1.29 is 9.59 Å². The first kappa shape index (κ1) is 8.24. The molecule has 1 saturated heterocycles. The molecule has 0 radical (unpaired) electrons. The second-order valence-corrected chi connectivity index (χ2v) is 3.61. The van der Waals surface area contributed by atoms with E-state index >= 15 is 0 Å². The Morgan fingerprint density at radius 1 is 1.55 bits per heavy atom. The lowest BCUT2D eigenvalue weighted by molar-refractivity contribution is -0.144. The number of hydrogen-bond donors (Lipinski definition) is 0. The van der Waals surface area contributed by atoms with E-state index in [-0.39, 0.29) is 17.2 Å². The van der Waals surface area contributed by atoms with Crippen molar-refractivity contribution in [2.75, 3.05) is 6.54 Å². The van der Waals surface area contributed by atoms with Crippen LogP contribution in [0.5, 0.6) is 0 Å². The van der Waals surface area contributed by atoms with Crippen molar-refractivity contribution in [2.24, 2.45) is 5.41 Å². The summed E-state index contributed by atoms with van der Waals surface area (Å²) >= 11 is 0. The van der Waals surface area contributed by atoms with Crippen LogP contribution < -0.4 is 0 Å². The van der Waals surface area contributed by atoms with Gasteiger partial charge in [-0.1, -0.05) is 13.8 Å².